The average Bonchev–Trinajstić information content (AvgIpc) is 2.98. The molecule has 0 spiro atoms. The van der Waals surface area contributed by atoms with E-state index in [0.29, 0.717) is 16.0 Å². The molecule has 8 heteroatoms. The Morgan fingerprint density at radius 2 is 2.22 bits per heavy atom. The molecule has 0 aliphatic carbocycles. The molecule has 1 aromatic carbocycles. The van der Waals surface area contributed by atoms with Gasteiger partial charge in [0, 0.05) is 12.1 Å². The quantitative estimate of drug-likeness (QED) is 0.788. The summed E-state index contributed by atoms with van der Waals surface area (Å²) in [6, 6.07) is 5.52. The summed E-state index contributed by atoms with van der Waals surface area (Å²) in [7, 11) is 1.50. The van der Waals surface area contributed by atoms with Crippen LogP contribution in [0.5, 0.6) is 0 Å². The highest BCUT2D eigenvalue weighted by Crippen LogP contribution is 2.18. The minimum absolute atomic E-state index is 0.0474. The van der Waals surface area contributed by atoms with Crippen molar-refractivity contribution >= 4 is 39.1 Å². The van der Waals surface area contributed by atoms with Gasteiger partial charge in [0.15, 0.2) is 0 Å². The monoisotopic (exact) mass is 351 g/mol. The minimum Gasteiger partial charge on any atom is -0.334 e. The van der Waals surface area contributed by atoms with E-state index < -0.39 is 11.7 Å². The minimum atomic E-state index is -0.652. The maximum Gasteiger partial charge on any atom is 0.268 e. The maximum absolute atomic E-state index is 13.8. The Bertz CT molecular complexity index is 953. The van der Waals surface area contributed by atoms with Crippen molar-refractivity contribution in [3.05, 3.63) is 62.2 Å². The number of aromatic nitrogens is 2. The number of hydrogen-bond acceptors (Lipinski definition) is 4. The normalized spacial score (nSPS) is 10.9. The Morgan fingerprint density at radius 3 is 3.00 bits per heavy atom. The Morgan fingerprint density at radius 1 is 1.43 bits per heavy atom. The van der Waals surface area contributed by atoms with Crippen LogP contribution in [0.3, 0.4) is 0 Å². The van der Waals surface area contributed by atoms with Crippen molar-refractivity contribution in [2.75, 3.05) is 7.05 Å². The molecule has 0 fully saturated rings. The van der Waals surface area contributed by atoms with Crippen molar-refractivity contribution in [2.24, 2.45) is 0 Å². The number of carbonyl (C=O) groups is 1. The van der Waals surface area contributed by atoms with E-state index in [1.54, 1.807) is 11.4 Å². The third-order valence-electron chi connectivity index (χ3n) is 3.26. The van der Waals surface area contributed by atoms with E-state index in [0.717, 1.165) is 6.07 Å². The number of thiophene rings is 1. The highest BCUT2D eigenvalue weighted by molar-refractivity contribution is 7.17. The average molecular weight is 352 g/mol. The number of H-pyrrole nitrogens is 1. The van der Waals surface area contributed by atoms with E-state index in [9.17, 15) is 14.0 Å². The molecular formula is C15H11ClFN3O2S. The summed E-state index contributed by atoms with van der Waals surface area (Å²) in [5.74, 6) is -0.863. The van der Waals surface area contributed by atoms with Gasteiger partial charge in [-0.15, -0.1) is 11.3 Å². The number of nitrogens with one attached hydrogen (secondary N) is 1. The molecule has 0 saturated carbocycles. The lowest BCUT2D eigenvalue weighted by atomic mass is 10.2. The fourth-order valence-electron chi connectivity index (χ4n) is 2.16. The molecule has 2 aromatic heterocycles. The number of amides is 1. The lowest BCUT2D eigenvalue weighted by molar-refractivity contribution is 0.0777. The van der Waals surface area contributed by atoms with Gasteiger partial charge in [-0.3, -0.25) is 9.59 Å². The van der Waals surface area contributed by atoms with Crippen LogP contribution >= 0.6 is 22.9 Å². The van der Waals surface area contributed by atoms with Gasteiger partial charge in [-0.2, -0.15) is 0 Å². The Hall–Kier alpha value is -2.25. The van der Waals surface area contributed by atoms with Gasteiger partial charge in [0.05, 0.1) is 17.6 Å². The smallest absolute Gasteiger partial charge is 0.268 e. The largest absolute Gasteiger partial charge is 0.334 e. The van der Waals surface area contributed by atoms with Crippen molar-refractivity contribution < 1.29 is 9.18 Å². The second kappa shape index (κ2) is 6.10. The van der Waals surface area contributed by atoms with Crippen LogP contribution < -0.4 is 5.56 Å². The van der Waals surface area contributed by atoms with E-state index in [-0.39, 0.29) is 22.7 Å². The van der Waals surface area contributed by atoms with E-state index in [1.165, 1.54) is 35.4 Å². The molecule has 1 N–H and O–H groups in total. The third-order valence-corrected chi connectivity index (χ3v) is 4.39. The predicted octanol–water partition coefficient (Wildman–Crippen LogP) is 3.05. The highest BCUT2D eigenvalue weighted by Gasteiger charge is 2.18. The third kappa shape index (κ3) is 3.11. The van der Waals surface area contributed by atoms with Crippen molar-refractivity contribution in [1.82, 2.24) is 14.9 Å². The van der Waals surface area contributed by atoms with Crippen LogP contribution in [-0.2, 0) is 6.54 Å². The number of halogens is 2. The molecule has 0 saturated heterocycles. The molecule has 23 heavy (non-hydrogen) atoms. The van der Waals surface area contributed by atoms with E-state index in [2.05, 4.69) is 9.97 Å². The molecule has 118 valence electrons. The topological polar surface area (TPSA) is 66.1 Å². The molecule has 0 aliphatic rings. The van der Waals surface area contributed by atoms with Gasteiger partial charge in [0.25, 0.3) is 11.5 Å². The number of hydrogen-bond donors (Lipinski definition) is 1. The SMILES string of the molecule is CN(Cc1nc2ccsc2c(=O)[nH]1)C(=O)c1cc(Cl)ccc1F. The first kappa shape index (κ1) is 15.6. The summed E-state index contributed by atoms with van der Waals surface area (Å²) in [6.07, 6.45) is 0. The fraction of sp³-hybridized carbons (Fsp3) is 0.133. The van der Waals surface area contributed by atoms with Gasteiger partial charge in [0.2, 0.25) is 0 Å². The molecule has 0 unspecified atom stereocenters. The standard InChI is InChI=1S/C15H11ClFN3O2S/c1-20(15(22)9-6-8(16)2-3-10(9)17)7-12-18-11-4-5-23-13(11)14(21)19-12/h2-6H,7H2,1H3,(H,18,19,21). The van der Waals surface area contributed by atoms with Crippen molar-refractivity contribution in [3.8, 4) is 0 Å². The number of rotatable bonds is 3. The molecule has 0 aliphatic heterocycles. The number of carbonyl (C=O) groups excluding carboxylic acids is 1. The van der Waals surface area contributed by atoms with Crippen LogP contribution in [0.15, 0.2) is 34.4 Å². The number of aromatic amines is 1. The van der Waals surface area contributed by atoms with E-state index in [4.69, 9.17) is 11.6 Å². The second-order valence-electron chi connectivity index (χ2n) is 4.93. The predicted molar refractivity (Wildman–Crippen MR) is 87.4 cm³/mol. The second-order valence-corrected chi connectivity index (χ2v) is 6.29. The molecule has 0 bridgehead atoms. The summed E-state index contributed by atoms with van der Waals surface area (Å²) < 4.78 is 14.3. The van der Waals surface area contributed by atoms with Gasteiger partial charge >= 0.3 is 0 Å². The summed E-state index contributed by atoms with van der Waals surface area (Å²) in [6.45, 7) is 0.0474. The van der Waals surface area contributed by atoms with Crippen LogP contribution in [0.25, 0.3) is 10.2 Å². The van der Waals surface area contributed by atoms with Gasteiger partial charge in [0.1, 0.15) is 16.3 Å². The zero-order chi connectivity index (χ0) is 16.6. The first-order valence-electron chi connectivity index (χ1n) is 6.62. The molecule has 0 atom stereocenters. The number of nitrogens with zero attached hydrogens (tertiary/aromatic N) is 2. The van der Waals surface area contributed by atoms with Gasteiger partial charge in [-0.1, -0.05) is 11.6 Å². The number of benzene rings is 1. The molecular weight excluding hydrogens is 341 g/mol. The van der Waals surface area contributed by atoms with Gasteiger partial charge < -0.3 is 9.88 Å². The van der Waals surface area contributed by atoms with Crippen LogP contribution in [0.1, 0.15) is 16.2 Å². The number of fused-ring (bicyclic) bond motifs is 1. The molecule has 2 heterocycles. The van der Waals surface area contributed by atoms with Gasteiger partial charge in [-0.05, 0) is 29.6 Å². The molecule has 1 amide bonds. The van der Waals surface area contributed by atoms with Crippen LogP contribution in [-0.4, -0.2) is 27.8 Å². The summed E-state index contributed by atoms with van der Waals surface area (Å²) in [4.78, 5) is 32.4. The van der Waals surface area contributed by atoms with Crippen molar-refractivity contribution in [3.63, 3.8) is 0 Å². The zero-order valence-corrected chi connectivity index (χ0v) is 13.5. The maximum atomic E-state index is 13.8. The Balaban J connectivity index is 1.87. The first-order valence-corrected chi connectivity index (χ1v) is 7.88. The summed E-state index contributed by atoms with van der Waals surface area (Å²) in [5.41, 5.74) is 0.192. The molecule has 3 aromatic rings. The lowest BCUT2D eigenvalue weighted by Crippen LogP contribution is -2.29. The van der Waals surface area contributed by atoms with Gasteiger partial charge in [-0.25, -0.2) is 9.37 Å². The lowest BCUT2D eigenvalue weighted by Gasteiger charge is -2.17. The summed E-state index contributed by atoms with van der Waals surface area (Å²) >= 11 is 7.10. The zero-order valence-electron chi connectivity index (χ0n) is 12.0. The fourth-order valence-corrected chi connectivity index (χ4v) is 3.06. The van der Waals surface area contributed by atoms with Crippen LogP contribution in [0.4, 0.5) is 4.39 Å². The molecule has 0 radical (unpaired) electrons. The highest BCUT2D eigenvalue weighted by atomic mass is 35.5. The van der Waals surface area contributed by atoms with Crippen molar-refractivity contribution in [2.45, 2.75) is 6.54 Å². The molecule has 3 rings (SSSR count). The van der Waals surface area contributed by atoms with E-state index >= 15 is 0 Å². The Labute approximate surface area is 139 Å². The molecule has 5 nitrogen and oxygen atoms in total. The summed E-state index contributed by atoms with van der Waals surface area (Å²) in [5, 5.41) is 2.04. The Kier molecular flexibility index (Phi) is 4.14. The van der Waals surface area contributed by atoms with Crippen LogP contribution in [0.2, 0.25) is 5.02 Å². The van der Waals surface area contributed by atoms with Crippen LogP contribution in [0, 0.1) is 5.82 Å². The van der Waals surface area contributed by atoms with E-state index in [1.807, 2.05) is 0 Å². The first-order chi connectivity index (χ1) is 11.0. The van der Waals surface area contributed by atoms with Crippen molar-refractivity contribution in [1.29, 1.82) is 0 Å².